The Morgan fingerprint density at radius 3 is 2.79 bits per heavy atom. The summed E-state index contributed by atoms with van der Waals surface area (Å²) in [7, 11) is 0. The number of nitrogens with one attached hydrogen (secondary N) is 2. The van der Waals surface area contributed by atoms with Crippen molar-refractivity contribution in [2.45, 2.75) is 38.1 Å². The second kappa shape index (κ2) is 8.88. The van der Waals surface area contributed by atoms with E-state index in [-0.39, 0.29) is 11.8 Å². The number of anilines is 1. The SMILES string of the molecule is O=C(NC[C@@H]1CCCN2CCCC[C@H]12)c1cccc(NC(=O)c2ccsc2)c1. The van der Waals surface area contributed by atoms with Gasteiger partial charge in [-0.15, -0.1) is 0 Å². The van der Waals surface area contributed by atoms with Crippen molar-refractivity contribution in [3.63, 3.8) is 0 Å². The number of carbonyl (C=O) groups is 2. The molecule has 1 aromatic carbocycles. The van der Waals surface area contributed by atoms with Gasteiger partial charge in [0.2, 0.25) is 0 Å². The van der Waals surface area contributed by atoms with Gasteiger partial charge in [0.1, 0.15) is 0 Å². The van der Waals surface area contributed by atoms with Crippen LogP contribution in [-0.2, 0) is 0 Å². The van der Waals surface area contributed by atoms with Crippen LogP contribution in [-0.4, -0.2) is 42.4 Å². The van der Waals surface area contributed by atoms with E-state index in [4.69, 9.17) is 0 Å². The molecule has 28 heavy (non-hydrogen) atoms. The van der Waals surface area contributed by atoms with Crippen LogP contribution in [0, 0.1) is 5.92 Å². The number of hydrogen-bond donors (Lipinski definition) is 2. The molecule has 3 heterocycles. The molecule has 0 unspecified atom stereocenters. The molecule has 1 aromatic heterocycles. The molecule has 0 spiro atoms. The molecule has 0 radical (unpaired) electrons. The average Bonchev–Trinajstić information content (AvgIpc) is 3.27. The maximum absolute atomic E-state index is 12.7. The molecule has 2 fully saturated rings. The molecule has 2 N–H and O–H groups in total. The van der Waals surface area contributed by atoms with Crippen molar-refractivity contribution in [3.05, 3.63) is 52.2 Å². The molecule has 2 aromatic rings. The highest BCUT2D eigenvalue weighted by Gasteiger charge is 2.32. The summed E-state index contributed by atoms with van der Waals surface area (Å²) >= 11 is 1.49. The topological polar surface area (TPSA) is 61.4 Å². The van der Waals surface area contributed by atoms with Crippen molar-refractivity contribution < 1.29 is 9.59 Å². The van der Waals surface area contributed by atoms with Gasteiger partial charge in [-0.3, -0.25) is 9.59 Å². The van der Waals surface area contributed by atoms with Crippen LogP contribution in [0.3, 0.4) is 0 Å². The molecule has 2 amide bonds. The van der Waals surface area contributed by atoms with Crippen molar-refractivity contribution in [1.82, 2.24) is 10.2 Å². The lowest BCUT2D eigenvalue weighted by molar-refractivity contribution is 0.0575. The van der Waals surface area contributed by atoms with Gasteiger partial charge < -0.3 is 15.5 Å². The second-order valence-corrected chi connectivity index (χ2v) is 8.54. The van der Waals surface area contributed by atoms with Crippen LogP contribution in [0.15, 0.2) is 41.1 Å². The van der Waals surface area contributed by atoms with E-state index in [0.29, 0.717) is 28.8 Å². The van der Waals surface area contributed by atoms with Crippen molar-refractivity contribution >= 4 is 28.8 Å². The zero-order chi connectivity index (χ0) is 19.3. The summed E-state index contributed by atoms with van der Waals surface area (Å²) in [5.74, 6) is 0.317. The Bertz CT molecular complexity index is 819. The minimum Gasteiger partial charge on any atom is -0.352 e. The first kappa shape index (κ1) is 19.2. The molecular formula is C22H27N3O2S. The maximum atomic E-state index is 12.7. The fourth-order valence-corrected chi connectivity index (χ4v) is 5.11. The van der Waals surface area contributed by atoms with E-state index in [1.54, 1.807) is 18.2 Å². The van der Waals surface area contributed by atoms with Crippen molar-refractivity contribution in [1.29, 1.82) is 0 Å². The van der Waals surface area contributed by atoms with Gasteiger partial charge in [0, 0.05) is 29.2 Å². The van der Waals surface area contributed by atoms with Gasteiger partial charge in [0.15, 0.2) is 0 Å². The predicted molar refractivity (Wildman–Crippen MR) is 113 cm³/mol. The van der Waals surface area contributed by atoms with Crippen molar-refractivity contribution in [2.24, 2.45) is 5.92 Å². The molecule has 0 bridgehead atoms. The lowest BCUT2D eigenvalue weighted by atomic mass is 9.83. The first-order valence-electron chi connectivity index (χ1n) is 10.2. The van der Waals surface area contributed by atoms with E-state index in [1.165, 1.54) is 56.5 Å². The largest absolute Gasteiger partial charge is 0.352 e. The number of piperidine rings is 2. The van der Waals surface area contributed by atoms with E-state index in [9.17, 15) is 9.59 Å². The summed E-state index contributed by atoms with van der Waals surface area (Å²) in [6.07, 6.45) is 6.28. The Balaban J connectivity index is 1.35. The molecule has 2 aliphatic rings. The molecule has 148 valence electrons. The molecule has 0 aliphatic carbocycles. The van der Waals surface area contributed by atoms with Crippen molar-refractivity contribution in [3.8, 4) is 0 Å². The van der Waals surface area contributed by atoms with Crippen LogP contribution < -0.4 is 10.6 Å². The smallest absolute Gasteiger partial charge is 0.256 e. The lowest BCUT2D eigenvalue weighted by Gasteiger charge is -2.44. The van der Waals surface area contributed by atoms with E-state index < -0.39 is 0 Å². The van der Waals surface area contributed by atoms with E-state index in [2.05, 4.69) is 15.5 Å². The standard InChI is InChI=1S/C22H27N3O2S/c26-21(23-14-17-6-4-11-25-10-2-1-8-20(17)25)16-5-3-7-19(13-16)24-22(27)18-9-12-28-15-18/h3,5,7,9,12-13,15,17,20H,1-2,4,6,8,10-11,14H2,(H,23,26)(H,24,27)/t17-,20+/m0/s1. The molecule has 6 heteroatoms. The van der Waals surface area contributed by atoms with Gasteiger partial charge in [-0.1, -0.05) is 12.5 Å². The number of nitrogens with zero attached hydrogens (tertiary/aromatic N) is 1. The minimum atomic E-state index is -0.154. The first-order valence-corrected chi connectivity index (χ1v) is 11.1. The van der Waals surface area contributed by atoms with Gasteiger partial charge in [-0.2, -0.15) is 11.3 Å². The Morgan fingerprint density at radius 1 is 1.04 bits per heavy atom. The summed E-state index contributed by atoms with van der Waals surface area (Å²) in [6.45, 7) is 3.15. The fourth-order valence-electron chi connectivity index (χ4n) is 4.48. The van der Waals surface area contributed by atoms with Gasteiger partial charge in [-0.05, 0) is 74.3 Å². The highest BCUT2D eigenvalue weighted by atomic mass is 32.1. The molecule has 5 nitrogen and oxygen atoms in total. The molecule has 2 saturated heterocycles. The normalized spacial score (nSPS) is 22.3. The summed E-state index contributed by atoms with van der Waals surface area (Å²) in [5, 5.41) is 9.68. The Kier molecular flexibility index (Phi) is 6.07. The Hall–Kier alpha value is -2.18. The Labute approximate surface area is 170 Å². The zero-order valence-corrected chi connectivity index (χ0v) is 16.8. The fraction of sp³-hybridized carbons (Fsp3) is 0.455. The van der Waals surface area contributed by atoms with Crippen LogP contribution in [0.1, 0.15) is 52.8 Å². The van der Waals surface area contributed by atoms with Crippen molar-refractivity contribution in [2.75, 3.05) is 25.0 Å². The third-order valence-corrected chi connectivity index (χ3v) is 6.60. The van der Waals surface area contributed by atoms with Gasteiger partial charge in [0.25, 0.3) is 11.8 Å². The van der Waals surface area contributed by atoms with E-state index in [1.807, 2.05) is 22.9 Å². The maximum Gasteiger partial charge on any atom is 0.256 e. The van der Waals surface area contributed by atoms with Gasteiger partial charge in [-0.25, -0.2) is 0 Å². The monoisotopic (exact) mass is 397 g/mol. The molecule has 2 atom stereocenters. The third-order valence-electron chi connectivity index (χ3n) is 5.92. The second-order valence-electron chi connectivity index (χ2n) is 7.76. The summed E-state index contributed by atoms with van der Waals surface area (Å²) in [6, 6.07) is 9.56. The lowest BCUT2D eigenvalue weighted by Crippen LogP contribution is -2.51. The van der Waals surface area contributed by atoms with Gasteiger partial charge in [0.05, 0.1) is 5.56 Å². The number of hydrogen-bond acceptors (Lipinski definition) is 4. The number of amides is 2. The van der Waals surface area contributed by atoms with Crippen LogP contribution in [0.4, 0.5) is 5.69 Å². The van der Waals surface area contributed by atoms with E-state index >= 15 is 0 Å². The Morgan fingerprint density at radius 2 is 1.93 bits per heavy atom. The number of benzene rings is 1. The van der Waals surface area contributed by atoms with Crippen LogP contribution in [0.2, 0.25) is 0 Å². The summed E-state index contributed by atoms with van der Waals surface area (Å²) < 4.78 is 0. The first-order chi connectivity index (χ1) is 13.7. The summed E-state index contributed by atoms with van der Waals surface area (Å²) in [4.78, 5) is 27.5. The number of fused-ring (bicyclic) bond motifs is 1. The van der Waals surface area contributed by atoms with Gasteiger partial charge >= 0.3 is 0 Å². The van der Waals surface area contributed by atoms with E-state index in [0.717, 1.165) is 6.54 Å². The molecule has 0 saturated carbocycles. The predicted octanol–water partition coefficient (Wildman–Crippen LogP) is 3.99. The molecular weight excluding hydrogens is 370 g/mol. The average molecular weight is 398 g/mol. The van der Waals surface area contributed by atoms with Crippen LogP contribution in [0.25, 0.3) is 0 Å². The minimum absolute atomic E-state index is 0.0698. The summed E-state index contributed by atoms with van der Waals surface area (Å²) in [5.41, 5.74) is 1.86. The molecule has 2 aliphatic heterocycles. The highest BCUT2D eigenvalue weighted by molar-refractivity contribution is 7.08. The highest BCUT2D eigenvalue weighted by Crippen LogP contribution is 2.30. The third kappa shape index (κ3) is 4.45. The van der Waals surface area contributed by atoms with Crippen LogP contribution in [0.5, 0.6) is 0 Å². The molecule has 4 rings (SSSR count). The quantitative estimate of drug-likeness (QED) is 0.802. The zero-order valence-electron chi connectivity index (χ0n) is 16.0. The number of carbonyl (C=O) groups excluding carboxylic acids is 2. The van der Waals surface area contributed by atoms with Crippen LogP contribution >= 0.6 is 11.3 Å². The number of rotatable bonds is 5. The number of thiophene rings is 1.